The minimum atomic E-state index is -0.531. The molecule has 1 amide bonds. The highest BCUT2D eigenvalue weighted by atomic mass is 16.5. The summed E-state index contributed by atoms with van der Waals surface area (Å²) in [4.78, 5) is 29.5. The maximum absolute atomic E-state index is 13.0. The molecule has 1 aliphatic heterocycles. The minimum Gasteiger partial charge on any atom is -0.391 e. The topological polar surface area (TPSA) is 139 Å². The molecule has 1 unspecified atom stereocenters. The Morgan fingerprint density at radius 1 is 1.34 bits per heavy atom. The number of anilines is 1. The molecule has 4 aromatic heterocycles. The van der Waals surface area contributed by atoms with Crippen LogP contribution in [0.4, 0.5) is 5.82 Å². The van der Waals surface area contributed by atoms with Crippen LogP contribution in [0.3, 0.4) is 0 Å². The molecule has 0 spiro atoms. The molecule has 0 bridgehead atoms. The molecule has 1 saturated heterocycles. The van der Waals surface area contributed by atoms with Crippen LogP contribution in [0, 0.1) is 4.91 Å². The van der Waals surface area contributed by atoms with E-state index in [0.29, 0.717) is 53.6 Å². The summed E-state index contributed by atoms with van der Waals surface area (Å²) in [5.41, 5.74) is 2.59. The highest BCUT2D eigenvalue weighted by Gasteiger charge is 2.32. The smallest absolute Gasteiger partial charge is 0.318 e. The molecule has 0 aromatic carbocycles. The Kier molecular flexibility index (Phi) is 5.19. The van der Waals surface area contributed by atoms with E-state index in [0.717, 1.165) is 18.2 Å². The monoisotopic (exact) mass is 477 g/mol. The quantitative estimate of drug-likeness (QED) is 0.282. The summed E-state index contributed by atoms with van der Waals surface area (Å²) in [5.74, 6) is 0.284. The summed E-state index contributed by atoms with van der Waals surface area (Å²) in [5, 5.41) is 24.2. The van der Waals surface area contributed by atoms with Crippen molar-refractivity contribution in [3.8, 4) is 11.3 Å². The Bertz CT molecular complexity index is 1460. The molecule has 2 aliphatic rings. The Labute approximate surface area is 199 Å². The summed E-state index contributed by atoms with van der Waals surface area (Å²) in [6, 6.07) is 5.51. The second-order valence-electron chi connectivity index (χ2n) is 8.93. The van der Waals surface area contributed by atoms with E-state index in [4.69, 9.17) is 9.72 Å². The molecule has 6 rings (SSSR count). The lowest BCUT2D eigenvalue weighted by Crippen LogP contribution is -2.50. The molecule has 1 aliphatic carbocycles. The van der Waals surface area contributed by atoms with E-state index in [9.17, 15) is 14.8 Å². The number of nitrogens with one attached hydrogen (secondary N) is 2. The lowest BCUT2D eigenvalue weighted by atomic mass is 9.89. The predicted molar refractivity (Wildman–Crippen MR) is 126 cm³/mol. The molecule has 0 radical (unpaired) electrons. The van der Waals surface area contributed by atoms with Gasteiger partial charge in [0, 0.05) is 19.5 Å². The number of aliphatic hydroxyl groups is 1. The van der Waals surface area contributed by atoms with E-state index >= 15 is 0 Å². The number of pyridine rings is 1. The summed E-state index contributed by atoms with van der Waals surface area (Å²) in [7, 11) is 1.76. The maximum Gasteiger partial charge on any atom is 0.318 e. The molecule has 12 heteroatoms. The van der Waals surface area contributed by atoms with E-state index in [1.54, 1.807) is 17.8 Å². The van der Waals surface area contributed by atoms with Gasteiger partial charge in [-0.05, 0) is 25.0 Å². The van der Waals surface area contributed by atoms with Crippen molar-refractivity contribution >= 4 is 28.4 Å². The van der Waals surface area contributed by atoms with Gasteiger partial charge in [-0.3, -0.25) is 4.79 Å². The Hall–Kier alpha value is -3.90. The van der Waals surface area contributed by atoms with Crippen LogP contribution < -0.4 is 15.2 Å². The van der Waals surface area contributed by atoms with Crippen LogP contribution in [0.2, 0.25) is 0 Å². The first-order valence-corrected chi connectivity index (χ1v) is 11.6. The van der Waals surface area contributed by atoms with E-state index < -0.39 is 6.10 Å². The number of carbonyl (C=O) groups excluding carboxylic acids is 1. The van der Waals surface area contributed by atoms with E-state index in [-0.39, 0.29) is 18.0 Å². The lowest BCUT2D eigenvalue weighted by molar-refractivity contribution is -0.698. The number of aliphatic hydroxyl groups excluding tert-OH is 1. The van der Waals surface area contributed by atoms with Gasteiger partial charge in [-0.1, -0.05) is 4.68 Å². The number of hydrogen-bond donors (Lipinski definition) is 3. The summed E-state index contributed by atoms with van der Waals surface area (Å²) < 4.78 is 10.4. The summed E-state index contributed by atoms with van der Waals surface area (Å²) in [6.07, 6.45) is 6.78. The second kappa shape index (κ2) is 8.40. The van der Waals surface area contributed by atoms with Crippen LogP contribution in [-0.4, -0.2) is 62.7 Å². The molecule has 1 saturated carbocycles. The highest BCUT2D eigenvalue weighted by molar-refractivity contribution is 6.01. The van der Waals surface area contributed by atoms with Gasteiger partial charge < -0.3 is 20.5 Å². The zero-order valence-electron chi connectivity index (χ0n) is 19.1. The molecule has 35 heavy (non-hydrogen) atoms. The van der Waals surface area contributed by atoms with Crippen molar-refractivity contribution in [2.24, 2.45) is 5.29 Å². The van der Waals surface area contributed by atoms with Gasteiger partial charge in [-0.15, -0.1) is 4.91 Å². The molecule has 5 heterocycles. The van der Waals surface area contributed by atoms with Crippen molar-refractivity contribution in [2.75, 3.05) is 25.6 Å². The van der Waals surface area contributed by atoms with Crippen molar-refractivity contribution in [1.82, 2.24) is 24.6 Å². The maximum atomic E-state index is 13.0. The van der Waals surface area contributed by atoms with Crippen LogP contribution in [0.25, 0.3) is 27.9 Å². The van der Waals surface area contributed by atoms with Crippen molar-refractivity contribution in [3.05, 3.63) is 47.3 Å². The number of nitroso groups, excluding NO2 is 1. The predicted octanol–water partition coefficient (Wildman–Crippen LogP) is 1.42. The zero-order chi connectivity index (χ0) is 24.1. The van der Waals surface area contributed by atoms with Crippen molar-refractivity contribution in [3.63, 3.8) is 0 Å². The van der Waals surface area contributed by atoms with Gasteiger partial charge in [0.1, 0.15) is 23.6 Å². The molecule has 3 atom stereocenters. The minimum absolute atomic E-state index is 0.109. The van der Waals surface area contributed by atoms with Crippen LogP contribution in [0.1, 0.15) is 35.7 Å². The number of nitrogens with zero attached hydrogens (tertiary/aromatic N) is 6. The Balaban J connectivity index is 1.49. The largest absolute Gasteiger partial charge is 0.391 e. The Morgan fingerprint density at radius 2 is 2.23 bits per heavy atom. The number of rotatable bonds is 6. The van der Waals surface area contributed by atoms with Crippen molar-refractivity contribution in [2.45, 2.75) is 37.5 Å². The SMILES string of the molecule is CNc1cc(-c2cn(N=O)c3c2ccc[n+]3C2CCOC2)nc2c(C(=O)N[C@H]3CC[C@H]3O)cnn12. The van der Waals surface area contributed by atoms with Crippen LogP contribution >= 0.6 is 0 Å². The van der Waals surface area contributed by atoms with Gasteiger partial charge in [0.25, 0.3) is 5.91 Å². The zero-order valence-corrected chi connectivity index (χ0v) is 19.1. The fourth-order valence-electron chi connectivity index (χ4n) is 4.86. The molecule has 3 N–H and O–H groups in total. The Morgan fingerprint density at radius 3 is 2.91 bits per heavy atom. The molecule has 2 fully saturated rings. The molecular weight excluding hydrogens is 452 g/mol. The molecule has 180 valence electrons. The molecule has 12 nitrogen and oxygen atoms in total. The van der Waals surface area contributed by atoms with Gasteiger partial charge in [-0.25, -0.2) is 9.55 Å². The standard InChI is InChI=1S/C23H24N8O4/c1-24-20-9-18(26-21-15(10-25-31(20)21)22(33)27-17-4-5-19(17)32)16-11-30(28-34)23-14(16)3-2-7-29(23)13-6-8-35-12-13/h2-3,7,9-11,13,17,19,32H,4-6,8,12H2,1H3,(H-,24,25,26,27,33)/p+1/t13?,17-,19+/m0/s1. The van der Waals surface area contributed by atoms with Crippen molar-refractivity contribution in [1.29, 1.82) is 0 Å². The van der Waals surface area contributed by atoms with Gasteiger partial charge >= 0.3 is 5.65 Å². The fraction of sp³-hybridized carbons (Fsp3) is 0.391. The number of hydrogen-bond acceptors (Lipinski definition) is 8. The van der Waals surface area contributed by atoms with Gasteiger partial charge in [0.05, 0.1) is 54.4 Å². The number of carbonyl (C=O) groups is 1. The summed E-state index contributed by atoms with van der Waals surface area (Å²) >= 11 is 0. The van der Waals surface area contributed by atoms with Crippen LogP contribution in [0.15, 0.2) is 42.1 Å². The average Bonchev–Trinajstić information content (AvgIpc) is 3.63. The fourth-order valence-corrected chi connectivity index (χ4v) is 4.86. The first kappa shape index (κ1) is 21.6. The van der Waals surface area contributed by atoms with Gasteiger partial charge in [0.15, 0.2) is 10.9 Å². The van der Waals surface area contributed by atoms with E-state index in [1.807, 2.05) is 29.0 Å². The van der Waals surface area contributed by atoms with E-state index in [1.165, 1.54) is 10.9 Å². The number of aromatic nitrogens is 5. The molecule has 4 aromatic rings. The average molecular weight is 478 g/mol. The first-order chi connectivity index (χ1) is 17.1. The van der Waals surface area contributed by atoms with E-state index in [2.05, 4.69) is 21.0 Å². The van der Waals surface area contributed by atoms with Crippen LogP contribution in [-0.2, 0) is 4.74 Å². The normalized spacial score (nSPS) is 21.8. The third-order valence-electron chi connectivity index (χ3n) is 6.94. The highest BCUT2D eigenvalue weighted by Crippen LogP contribution is 2.31. The van der Waals surface area contributed by atoms with Gasteiger partial charge in [-0.2, -0.15) is 9.61 Å². The summed E-state index contributed by atoms with van der Waals surface area (Å²) in [6.45, 7) is 1.24. The third kappa shape index (κ3) is 3.44. The number of amides is 1. The van der Waals surface area contributed by atoms with Gasteiger partial charge in [0.2, 0.25) is 0 Å². The first-order valence-electron chi connectivity index (χ1n) is 11.6. The van der Waals surface area contributed by atoms with Crippen molar-refractivity contribution < 1.29 is 19.2 Å². The number of ether oxygens (including phenoxy) is 1. The number of fused-ring (bicyclic) bond motifs is 2. The molecular formula is C23H25N8O4+. The second-order valence-corrected chi connectivity index (χ2v) is 8.93. The van der Waals surface area contributed by atoms with Crippen LogP contribution in [0.5, 0.6) is 0 Å². The lowest BCUT2D eigenvalue weighted by Gasteiger charge is -2.32. The third-order valence-corrected chi connectivity index (χ3v) is 6.94.